The van der Waals surface area contributed by atoms with Gasteiger partial charge in [0.15, 0.2) is 23.0 Å². The molecular formula is C27H29N3O7. The van der Waals surface area contributed by atoms with Gasteiger partial charge in [-0.2, -0.15) is 5.10 Å². The smallest absolute Gasteiger partial charge is 0.273 e. The van der Waals surface area contributed by atoms with Crippen molar-refractivity contribution in [2.24, 2.45) is 10.1 Å². The van der Waals surface area contributed by atoms with Crippen molar-refractivity contribution in [3.05, 3.63) is 65.2 Å². The number of nitrogens with zero attached hydrogens (tertiary/aromatic N) is 2. The van der Waals surface area contributed by atoms with E-state index in [0.717, 1.165) is 0 Å². The number of ether oxygens (including phenoxy) is 6. The first-order chi connectivity index (χ1) is 18.0. The van der Waals surface area contributed by atoms with Crippen molar-refractivity contribution in [2.45, 2.75) is 0 Å². The Labute approximate surface area is 215 Å². The molecule has 1 amide bonds. The molecule has 0 heterocycles. The lowest BCUT2D eigenvalue weighted by Gasteiger charge is -2.12. The topological polar surface area (TPSA) is 109 Å². The molecule has 0 saturated heterocycles. The highest BCUT2D eigenvalue weighted by molar-refractivity contribution is 6.00. The third-order valence-electron chi connectivity index (χ3n) is 5.26. The first-order valence-electron chi connectivity index (χ1n) is 11.1. The molecule has 0 unspecified atom stereocenters. The van der Waals surface area contributed by atoms with E-state index >= 15 is 0 Å². The minimum atomic E-state index is -0.429. The van der Waals surface area contributed by atoms with Crippen LogP contribution in [0.4, 0.5) is 5.69 Å². The summed E-state index contributed by atoms with van der Waals surface area (Å²) in [6.07, 6.45) is 3.08. The molecule has 0 bridgehead atoms. The van der Waals surface area contributed by atoms with Crippen LogP contribution in [0, 0.1) is 0 Å². The van der Waals surface area contributed by atoms with Crippen molar-refractivity contribution in [1.82, 2.24) is 5.43 Å². The van der Waals surface area contributed by atoms with Gasteiger partial charge in [-0.3, -0.25) is 9.79 Å². The number of amides is 1. The van der Waals surface area contributed by atoms with Gasteiger partial charge in [0.25, 0.3) is 5.91 Å². The fraction of sp³-hybridized carbons (Fsp3) is 0.222. The zero-order chi connectivity index (χ0) is 26.8. The third kappa shape index (κ3) is 6.29. The number of hydrogen-bond donors (Lipinski definition) is 1. The monoisotopic (exact) mass is 507 g/mol. The number of carbonyl (C=O) groups is 1. The number of nitrogens with one attached hydrogen (secondary N) is 1. The van der Waals surface area contributed by atoms with Crippen LogP contribution in [0.25, 0.3) is 0 Å². The molecule has 0 saturated carbocycles. The summed E-state index contributed by atoms with van der Waals surface area (Å²) < 4.78 is 32.1. The zero-order valence-corrected chi connectivity index (χ0v) is 21.5. The predicted molar refractivity (Wildman–Crippen MR) is 141 cm³/mol. The van der Waals surface area contributed by atoms with Gasteiger partial charge in [0.1, 0.15) is 0 Å². The molecule has 0 fully saturated rings. The van der Waals surface area contributed by atoms with Crippen LogP contribution >= 0.6 is 0 Å². The van der Waals surface area contributed by atoms with Gasteiger partial charge in [-0.1, -0.05) is 12.1 Å². The fourth-order valence-electron chi connectivity index (χ4n) is 3.50. The Morgan fingerprint density at radius 1 is 0.676 bits per heavy atom. The van der Waals surface area contributed by atoms with Gasteiger partial charge in [0.05, 0.1) is 60.1 Å². The van der Waals surface area contributed by atoms with E-state index < -0.39 is 5.91 Å². The lowest BCUT2D eigenvalue weighted by molar-refractivity contribution is 0.0956. The number of methoxy groups -OCH3 is 6. The number of rotatable bonds is 11. The number of para-hydroxylation sites is 1. The summed E-state index contributed by atoms with van der Waals surface area (Å²) >= 11 is 0. The Hall–Kier alpha value is -4.73. The Morgan fingerprint density at radius 3 is 1.59 bits per heavy atom. The molecule has 0 aliphatic rings. The number of hydrazone groups is 1. The minimum Gasteiger partial charge on any atom is -0.493 e. The largest absolute Gasteiger partial charge is 0.493 e. The van der Waals surface area contributed by atoms with Crippen LogP contribution in [0.3, 0.4) is 0 Å². The van der Waals surface area contributed by atoms with Crippen LogP contribution in [0.15, 0.2) is 58.6 Å². The maximum atomic E-state index is 12.9. The molecule has 0 aromatic heterocycles. The van der Waals surface area contributed by atoms with E-state index in [1.807, 2.05) is 0 Å². The lowest BCUT2D eigenvalue weighted by atomic mass is 10.1. The molecule has 3 rings (SSSR count). The van der Waals surface area contributed by atoms with E-state index in [4.69, 9.17) is 28.4 Å². The molecule has 1 N–H and O–H groups in total. The van der Waals surface area contributed by atoms with Gasteiger partial charge in [-0.05, 0) is 36.4 Å². The highest BCUT2D eigenvalue weighted by atomic mass is 16.5. The molecule has 0 aliphatic heterocycles. The molecule has 37 heavy (non-hydrogen) atoms. The summed E-state index contributed by atoms with van der Waals surface area (Å²) in [7, 11) is 9.18. The average molecular weight is 508 g/mol. The normalized spacial score (nSPS) is 10.9. The zero-order valence-electron chi connectivity index (χ0n) is 21.5. The molecule has 3 aromatic carbocycles. The second kappa shape index (κ2) is 12.8. The van der Waals surface area contributed by atoms with E-state index in [1.54, 1.807) is 54.7 Å². The van der Waals surface area contributed by atoms with Crippen molar-refractivity contribution in [3.8, 4) is 34.5 Å². The van der Waals surface area contributed by atoms with E-state index in [2.05, 4.69) is 15.5 Å². The highest BCUT2D eigenvalue weighted by Crippen LogP contribution is 2.38. The van der Waals surface area contributed by atoms with Crippen molar-refractivity contribution >= 4 is 24.0 Å². The first-order valence-corrected chi connectivity index (χ1v) is 11.1. The molecule has 0 aliphatic carbocycles. The molecule has 0 radical (unpaired) electrons. The number of aliphatic imine (C=N–C) groups is 1. The molecule has 10 nitrogen and oxygen atoms in total. The summed E-state index contributed by atoms with van der Waals surface area (Å²) in [4.78, 5) is 17.4. The molecule has 3 aromatic rings. The van der Waals surface area contributed by atoms with E-state index in [0.29, 0.717) is 56.9 Å². The van der Waals surface area contributed by atoms with Gasteiger partial charge < -0.3 is 28.4 Å². The molecule has 0 spiro atoms. The van der Waals surface area contributed by atoms with E-state index in [-0.39, 0.29) is 0 Å². The van der Waals surface area contributed by atoms with Gasteiger partial charge in [0, 0.05) is 17.3 Å². The fourth-order valence-corrected chi connectivity index (χ4v) is 3.50. The van der Waals surface area contributed by atoms with Gasteiger partial charge in [-0.15, -0.1) is 0 Å². The van der Waals surface area contributed by atoms with Gasteiger partial charge >= 0.3 is 0 Å². The number of benzene rings is 3. The first kappa shape index (κ1) is 26.9. The van der Waals surface area contributed by atoms with Crippen molar-refractivity contribution in [1.29, 1.82) is 0 Å². The molecular weight excluding hydrogens is 478 g/mol. The van der Waals surface area contributed by atoms with Crippen LogP contribution in [-0.2, 0) is 0 Å². The van der Waals surface area contributed by atoms with Crippen LogP contribution in [-0.4, -0.2) is 61.0 Å². The second-order valence-electron chi connectivity index (χ2n) is 7.39. The van der Waals surface area contributed by atoms with Crippen molar-refractivity contribution in [3.63, 3.8) is 0 Å². The standard InChI is InChI=1S/C27H29N3O7/c1-32-21-11-17(12-22(33-2)25(21)36-5)15-28-20-10-8-7-9-19(20)27(31)30-29-16-18-13-23(34-3)26(37-6)24(14-18)35-4/h7-16H,1-6H3,(H,30,31). The Morgan fingerprint density at radius 2 is 1.14 bits per heavy atom. The maximum Gasteiger partial charge on any atom is 0.273 e. The summed E-state index contributed by atoms with van der Waals surface area (Å²) in [5.74, 6) is 2.45. The van der Waals surface area contributed by atoms with Crippen LogP contribution in [0.2, 0.25) is 0 Å². The van der Waals surface area contributed by atoms with Crippen LogP contribution < -0.4 is 33.8 Å². The highest BCUT2D eigenvalue weighted by Gasteiger charge is 2.14. The molecule has 10 heteroatoms. The van der Waals surface area contributed by atoms with E-state index in [9.17, 15) is 4.79 Å². The Kier molecular flexibility index (Phi) is 9.31. The number of hydrogen-bond acceptors (Lipinski definition) is 9. The third-order valence-corrected chi connectivity index (χ3v) is 5.26. The summed E-state index contributed by atoms with van der Waals surface area (Å²) in [5, 5.41) is 4.07. The van der Waals surface area contributed by atoms with Crippen LogP contribution in [0.5, 0.6) is 34.5 Å². The van der Waals surface area contributed by atoms with E-state index in [1.165, 1.54) is 48.9 Å². The predicted octanol–water partition coefficient (Wildman–Crippen LogP) is 4.25. The lowest BCUT2D eigenvalue weighted by Crippen LogP contribution is -2.17. The van der Waals surface area contributed by atoms with Crippen molar-refractivity contribution < 1.29 is 33.2 Å². The quantitative estimate of drug-likeness (QED) is 0.305. The minimum absolute atomic E-state index is 0.341. The average Bonchev–Trinajstić information content (AvgIpc) is 2.94. The van der Waals surface area contributed by atoms with Crippen LogP contribution in [0.1, 0.15) is 21.5 Å². The maximum absolute atomic E-state index is 12.9. The summed E-state index contributed by atoms with van der Waals surface area (Å²) in [5.41, 5.74) is 4.67. The van der Waals surface area contributed by atoms with Crippen molar-refractivity contribution in [2.75, 3.05) is 42.7 Å². The Balaban J connectivity index is 1.81. The Bertz CT molecular complexity index is 1250. The van der Waals surface area contributed by atoms with Gasteiger partial charge in [-0.25, -0.2) is 5.43 Å². The molecule has 194 valence electrons. The van der Waals surface area contributed by atoms with Gasteiger partial charge in [0.2, 0.25) is 11.5 Å². The number of carbonyl (C=O) groups excluding carboxylic acids is 1. The summed E-state index contributed by atoms with van der Waals surface area (Å²) in [6.45, 7) is 0. The molecule has 0 atom stereocenters. The second-order valence-corrected chi connectivity index (χ2v) is 7.39. The SMILES string of the molecule is COc1cc(C=NNC(=O)c2ccccc2N=Cc2cc(OC)c(OC)c(OC)c2)cc(OC)c1OC. The summed E-state index contributed by atoms with van der Waals surface area (Å²) in [6, 6.07) is 13.9.